The van der Waals surface area contributed by atoms with E-state index in [0.29, 0.717) is 0 Å². The van der Waals surface area contributed by atoms with E-state index >= 15 is 0 Å². The van der Waals surface area contributed by atoms with E-state index in [1.54, 1.807) is 0 Å². The van der Waals surface area contributed by atoms with Gasteiger partial charge in [0.15, 0.2) is 0 Å². The van der Waals surface area contributed by atoms with Gasteiger partial charge in [0.25, 0.3) is 0 Å². The molecule has 1 aliphatic rings. The minimum absolute atomic E-state index is 0.939. The minimum atomic E-state index is 0.939. The molecule has 0 saturated heterocycles. The number of hydrogen-bond acceptors (Lipinski definition) is 1. The fraction of sp³-hybridized carbons (Fsp3) is 0. The molecule has 1 N–H and O–H groups in total. The Bertz CT molecular complexity index is 1920. The molecule has 0 atom stereocenters. The van der Waals surface area contributed by atoms with Crippen LogP contribution in [-0.2, 0) is 0 Å². The highest BCUT2D eigenvalue weighted by atomic mass is 15.0. The summed E-state index contributed by atoms with van der Waals surface area (Å²) in [5, 5.41) is 12.6. The second kappa shape index (κ2) is 7.41. The highest BCUT2D eigenvalue weighted by Gasteiger charge is 2.21. The highest BCUT2D eigenvalue weighted by Crippen LogP contribution is 2.35. The third-order valence-electron chi connectivity index (χ3n) is 7.23. The van der Waals surface area contributed by atoms with Crippen LogP contribution in [0, 0.1) is 5.41 Å². The lowest BCUT2D eigenvalue weighted by Crippen LogP contribution is -2.30. The summed E-state index contributed by atoms with van der Waals surface area (Å²) < 4.78 is 2.33. The van der Waals surface area contributed by atoms with Crippen LogP contribution >= 0.6 is 0 Å². The molecule has 1 heterocycles. The Morgan fingerprint density at radius 2 is 1.31 bits per heavy atom. The molecule has 0 unspecified atom stereocenters. The molecule has 5 aromatic carbocycles. The van der Waals surface area contributed by atoms with Gasteiger partial charge in [-0.15, -0.1) is 0 Å². The summed E-state index contributed by atoms with van der Waals surface area (Å²) >= 11 is 0. The van der Waals surface area contributed by atoms with Crippen molar-refractivity contribution < 1.29 is 0 Å². The molecular formula is C33H22N2. The first-order valence-electron chi connectivity index (χ1n) is 11.8. The standard InChI is InChI=1S/C33H22N2/c1-21-30(18-16-27-24-11-5-6-12-25(24)29(20-34)33(21)27)35-31-14-8-7-13-26(31)28-19-23(15-17-32(28)35)22-9-3-2-4-10-22/h2-20,34H,1H2. The lowest BCUT2D eigenvalue weighted by Gasteiger charge is -2.11. The maximum atomic E-state index is 8.17. The second-order valence-electron chi connectivity index (χ2n) is 9.04. The Balaban J connectivity index is 1.56. The lowest BCUT2D eigenvalue weighted by atomic mass is 10.0. The number of aromatic nitrogens is 1. The number of hydrogen-bond donors (Lipinski definition) is 1. The molecule has 2 nitrogen and oxygen atoms in total. The van der Waals surface area contributed by atoms with E-state index in [0.717, 1.165) is 43.9 Å². The fourth-order valence-electron chi connectivity index (χ4n) is 5.66. The van der Waals surface area contributed by atoms with E-state index < -0.39 is 0 Å². The van der Waals surface area contributed by atoms with E-state index in [1.807, 2.05) is 6.07 Å². The summed E-state index contributed by atoms with van der Waals surface area (Å²) in [6.07, 6.45) is 1.47. The van der Waals surface area contributed by atoms with Crippen molar-refractivity contribution in [1.29, 1.82) is 5.41 Å². The van der Waals surface area contributed by atoms with Crippen LogP contribution in [0.4, 0.5) is 0 Å². The zero-order valence-electron chi connectivity index (χ0n) is 19.1. The van der Waals surface area contributed by atoms with E-state index in [4.69, 9.17) is 5.41 Å². The van der Waals surface area contributed by atoms with Crippen LogP contribution < -0.4 is 10.4 Å². The van der Waals surface area contributed by atoms with Gasteiger partial charge in [0.1, 0.15) is 0 Å². The van der Waals surface area contributed by atoms with E-state index in [2.05, 4.69) is 114 Å². The SMILES string of the molecule is C=c1c(-n2c3ccccc3c3cc(-c4ccccc4)ccc32)ccc2c1=C(C=N)c1ccccc1-2. The first kappa shape index (κ1) is 19.7. The number of benzene rings is 5. The topological polar surface area (TPSA) is 28.8 Å². The van der Waals surface area contributed by atoms with Crippen molar-refractivity contribution in [2.75, 3.05) is 0 Å². The highest BCUT2D eigenvalue weighted by molar-refractivity contribution is 6.15. The Morgan fingerprint density at radius 3 is 2.14 bits per heavy atom. The average molecular weight is 447 g/mol. The molecule has 1 aliphatic carbocycles. The molecule has 0 radical (unpaired) electrons. The van der Waals surface area contributed by atoms with Gasteiger partial charge in [-0.1, -0.05) is 91.5 Å². The molecule has 0 fully saturated rings. The van der Waals surface area contributed by atoms with Crippen molar-refractivity contribution in [2.24, 2.45) is 0 Å². The Morgan fingerprint density at radius 1 is 0.600 bits per heavy atom. The number of rotatable bonds is 3. The van der Waals surface area contributed by atoms with Gasteiger partial charge in [0, 0.05) is 27.8 Å². The fourth-order valence-corrected chi connectivity index (χ4v) is 5.66. The summed E-state index contributed by atoms with van der Waals surface area (Å²) in [5.74, 6) is 0. The third kappa shape index (κ3) is 2.74. The molecule has 0 amide bonds. The molecule has 0 saturated carbocycles. The molecular weight excluding hydrogens is 424 g/mol. The maximum absolute atomic E-state index is 8.17. The number of nitrogens with zero attached hydrogens (tertiary/aromatic N) is 1. The predicted molar refractivity (Wildman–Crippen MR) is 148 cm³/mol. The molecule has 1 aromatic heterocycles. The van der Waals surface area contributed by atoms with Crippen LogP contribution in [-0.4, -0.2) is 10.8 Å². The van der Waals surface area contributed by atoms with Crippen molar-refractivity contribution in [3.8, 4) is 27.9 Å². The van der Waals surface area contributed by atoms with Crippen molar-refractivity contribution >= 4 is 40.2 Å². The van der Waals surface area contributed by atoms with Gasteiger partial charge < -0.3 is 9.98 Å². The first-order valence-corrected chi connectivity index (χ1v) is 11.8. The Hall–Kier alpha value is -4.69. The summed E-state index contributed by atoms with van der Waals surface area (Å²) in [5.41, 5.74) is 10.2. The smallest absolute Gasteiger partial charge is 0.0541 e. The van der Waals surface area contributed by atoms with Gasteiger partial charge in [0.05, 0.1) is 16.7 Å². The molecule has 7 rings (SSSR count). The molecule has 2 heteroatoms. The van der Waals surface area contributed by atoms with Crippen molar-refractivity contribution in [2.45, 2.75) is 0 Å². The van der Waals surface area contributed by atoms with Crippen LogP contribution in [0.2, 0.25) is 0 Å². The van der Waals surface area contributed by atoms with Gasteiger partial charge in [-0.05, 0) is 57.3 Å². The van der Waals surface area contributed by atoms with Gasteiger partial charge >= 0.3 is 0 Å². The largest absolute Gasteiger partial charge is 0.309 e. The van der Waals surface area contributed by atoms with Gasteiger partial charge in [-0.3, -0.25) is 0 Å². The predicted octanol–water partition coefficient (Wildman–Crippen LogP) is 6.69. The first-order chi connectivity index (χ1) is 17.3. The van der Waals surface area contributed by atoms with Crippen molar-refractivity contribution in [3.05, 3.63) is 125 Å². The van der Waals surface area contributed by atoms with Crippen molar-refractivity contribution in [3.63, 3.8) is 0 Å². The minimum Gasteiger partial charge on any atom is -0.309 e. The quantitative estimate of drug-likeness (QED) is 0.294. The van der Waals surface area contributed by atoms with Crippen LogP contribution in [0.25, 0.3) is 61.9 Å². The Kier molecular flexibility index (Phi) is 4.18. The van der Waals surface area contributed by atoms with E-state index in [-0.39, 0.29) is 0 Å². The normalized spacial score (nSPS) is 12.2. The van der Waals surface area contributed by atoms with Gasteiger partial charge in [-0.2, -0.15) is 0 Å². The van der Waals surface area contributed by atoms with Crippen LogP contribution in [0.1, 0.15) is 5.56 Å². The molecule has 164 valence electrons. The van der Waals surface area contributed by atoms with Crippen molar-refractivity contribution in [1.82, 2.24) is 4.57 Å². The molecule has 0 aliphatic heterocycles. The van der Waals surface area contributed by atoms with Gasteiger partial charge in [-0.25, -0.2) is 0 Å². The zero-order chi connectivity index (χ0) is 23.5. The lowest BCUT2D eigenvalue weighted by molar-refractivity contribution is 1.16. The average Bonchev–Trinajstić information content (AvgIpc) is 3.42. The number of nitrogens with one attached hydrogen (secondary N) is 1. The van der Waals surface area contributed by atoms with E-state index in [9.17, 15) is 0 Å². The van der Waals surface area contributed by atoms with Crippen LogP contribution in [0.5, 0.6) is 0 Å². The van der Waals surface area contributed by atoms with Crippen LogP contribution in [0.15, 0.2) is 109 Å². The molecule has 0 bridgehead atoms. The maximum Gasteiger partial charge on any atom is 0.0541 e. The summed E-state index contributed by atoms with van der Waals surface area (Å²) in [6.45, 7) is 4.56. The second-order valence-corrected chi connectivity index (χ2v) is 9.04. The molecule has 35 heavy (non-hydrogen) atoms. The monoisotopic (exact) mass is 446 g/mol. The summed E-state index contributed by atoms with van der Waals surface area (Å²) in [7, 11) is 0. The van der Waals surface area contributed by atoms with Crippen LogP contribution in [0.3, 0.4) is 0 Å². The number of para-hydroxylation sites is 1. The third-order valence-corrected chi connectivity index (χ3v) is 7.23. The Labute approximate surface area is 203 Å². The summed E-state index contributed by atoms with van der Waals surface area (Å²) in [6, 6.07) is 38.5. The zero-order valence-corrected chi connectivity index (χ0v) is 19.1. The molecule has 0 spiro atoms. The number of fused-ring (bicyclic) bond motifs is 6. The van der Waals surface area contributed by atoms with E-state index in [1.165, 1.54) is 33.7 Å². The molecule has 6 aromatic rings. The summed E-state index contributed by atoms with van der Waals surface area (Å²) in [4.78, 5) is 0. The van der Waals surface area contributed by atoms with Gasteiger partial charge in [0.2, 0.25) is 0 Å².